The Bertz CT molecular complexity index is 528. The Morgan fingerprint density at radius 2 is 1.67 bits per heavy atom. The number of carbonyl (C=O) groups is 2. The minimum Gasteiger partial charge on any atom is -0.481 e. The molecule has 21 heavy (non-hydrogen) atoms. The number of aliphatic carboxylic acids is 1. The molecule has 1 saturated carbocycles. The van der Waals surface area contributed by atoms with Gasteiger partial charge in [0.05, 0.1) is 5.92 Å². The Morgan fingerprint density at radius 1 is 1.10 bits per heavy atom. The highest BCUT2D eigenvalue weighted by atomic mass is 16.4. The van der Waals surface area contributed by atoms with Crippen molar-refractivity contribution >= 4 is 17.6 Å². The van der Waals surface area contributed by atoms with E-state index in [1.54, 1.807) is 0 Å². The standard InChI is InChI=1S/C17H23NO3/c1-17(2,3)13-6-8-14(9-7-13)18-15(19)11-4-5-12(10-11)16(20)21/h6-9,11-12H,4-5,10H2,1-3H3,(H,18,19)(H,20,21). The molecule has 2 atom stereocenters. The average molecular weight is 289 g/mol. The van der Waals surface area contributed by atoms with Gasteiger partial charge in [-0.25, -0.2) is 0 Å². The number of carbonyl (C=O) groups excluding carboxylic acids is 1. The quantitative estimate of drug-likeness (QED) is 0.896. The minimum atomic E-state index is -0.792. The van der Waals surface area contributed by atoms with Gasteiger partial charge < -0.3 is 10.4 Å². The third-order valence-corrected chi connectivity index (χ3v) is 4.17. The monoisotopic (exact) mass is 289 g/mol. The van der Waals surface area contributed by atoms with E-state index in [2.05, 4.69) is 26.1 Å². The third-order valence-electron chi connectivity index (χ3n) is 4.17. The number of amides is 1. The van der Waals surface area contributed by atoms with Gasteiger partial charge >= 0.3 is 5.97 Å². The van der Waals surface area contributed by atoms with E-state index >= 15 is 0 Å². The SMILES string of the molecule is CC(C)(C)c1ccc(NC(=O)C2CCC(C(=O)O)C2)cc1. The van der Waals surface area contributed by atoms with Crippen LogP contribution in [0.2, 0.25) is 0 Å². The first-order chi connectivity index (χ1) is 9.77. The summed E-state index contributed by atoms with van der Waals surface area (Å²) in [7, 11) is 0. The number of carboxylic acid groups (broad SMARTS) is 1. The molecule has 4 heteroatoms. The summed E-state index contributed by atoms with van der Waals surface area (Å²) < 4.78 is 0. The van der Waals surface area contributed by atoms with Crippen LogP contribution in [-0.2, 0) is 15.0 Å². The zero-order valence-electron chi connectivity index (χ0n) is 12.8. The van der Waals surface area contributed by atoms with Gasteiger partial charge in [0, 0.05) is 11.6 Å². The maximum atomic E-state index is 12.2. The summed E-state index contributed by atoms with van der Waals surface area (Å²) in [6.07, 6.45) is 1.69. The molecule has 1 aromatic rings. The number of hydrogen-bond donors (Lipinski definition) is 2. The Labute approximate surface area is 125 Å². The lowest BCUT2D eigenvalue weighted by molar-refractivity contribution is -0.141. The third kappa shape index (κ3) is 3.84. The lowest BCUT2D eigenvalue weighted by Crippen LogP contribution is -2.21. The van der Waals surface area contributed by atoms with Crippen LogP contribution in [0.25, 0.3) is 0 Å². The Kier molecular flexibility index (Phi) is 4.35. The van der Waals surface area contributed by atoms with E-state index < -0.39 is 5.97 Å². The Balaban J connectivity index is 1.96. The van der Waals surface area contributed by atoms with Crippen LogP contribution in [0.5, 0.6) is 0 Å². The summed E-state index contributed by atoms with van der Waals surface area (Å²) in [6, 6.07) is 7.85. The van der Waals surface area contributed by atoms with E-state index in [-0.39, 0.29) is 23.2 Å². The fourth-order valence-electron chi connectivity index (χ4n) is 2.74. The fourth-order valence-corrected chi connectivity index (χ4v) is 2.74. The van der Waals surface area contributed by atoms with Crippen molar-refractivity contribution in [3.8, 4) is 0 Å². The first-order valence-electron chi connectivity index (χ1n) is 7.41. The van der Waals surface area contributed by atoms with Crippen LogP contribution < -0.4 is 5.32 Å². The van der Waals surface area contributed by atoms with Gasteiger partial charge in [-0.3, -0.25) is 9.59 Å². The highest BCUT2D eigenvalue weighted by Gasteiger charge is 2.33. The van der Waals surface area contributed by atoms with Gasteiger partial charge in [-0.1, -0.05) is 32.9 Å². The number of carboxylic acids is 1. The molecule has 1 amide bonds. The largest absolute Gasteiger partial charge is 0.481 e. The van der Waals surface area contributed by atoms with E-state index in [0.29, 0.717) is 19.3 Å². The van der Waals surface area contributed by atoms with Crippen LogP contribution in [0.4, 0.5) is 5.69 Å². The second-order valence-corrected chi connectivity index (χ2v) is 6.86. The molecular weight excluding hydrogens is 266 g/mol. The van der Waals surface area contributed by atoms with Crippen molar-refractivity contribution in [1.82, 2.24) is 0 Å². The lowest BCUT2D eigenvalue weighted by Gasteiger charge is -2.19. The summed E-state index contributed by atoms with van der Waals surface area (Å²) in [4.78, 5) is 23.1. The first-order valence-corrected chi connectivity index (χ1v) is 7.41. The second-order valence-electron chi connectivity index (χ2n) is 6.86. The predicted molar refractivity (Wildman–Crippen MR) is 82.2 cm³/mol. The van der Waals surface area contributed by atoms with Gasteiger partial charge in [0.2, 0.25) is 5.91 Å². The van der Waals surface area contributed by atoms with Crippen molar-refractivity contribution < 1.29 is 14.7 Å². The number of benzene rings is 1. The van der Waals surface area contributed by atoms with Crippen molar-refractivity contribution in [3.05, 3.63) is 29.8 Å². The van der Waals surface area contributed by atoms with Gasteiger partial charge in [-0.15, -0.1) is 0 Å². The maximum absolute atomic E-state index is 12.2. The predicted octanol–water partition coefficient (Wildman–Crippen LogP) is 3.42. The summed E-state index contributed by atoms with van der Waals surface area (Å²) in [5.74, 6) is -1.42. The maximum Gasteiger partial charge on any atom is 0.306 e. The molecule has 0 radical (unpaired) electrons. The van der Waals surface area contributed by atoms with E-state index in [1.807, 2.05) is 24.3 Å². The van der Waals surface area contributed by atoms with Gasteiger partial charge in [-0.2, -0.15) is 0 Å². The molecule has 0 aliphatic heterocycles. The van der Waals surface area contributed by atoms with Gasteiger partial charge in [-0.05, 0) is 42.4 Å². The fraction of sp³-hybridized carbons (Fsp3) is 0.529. The molecule has 0 heterocycles. The molecule has 1 aliphatic rings. The molecule has 1 fully saturated rings. The molecule has 114 valence electrons. The highest BCUT2D eigenvalue weighted by molar-refractivity contribution is 5.93. The zero-order valence-corrected chi connectivity index (χ0v) is 12.8. The van der Waals surface area contributed by atoms with Gasteiger partial charge in [0.25, 0.3) is 0 Å². The van der Waals surface area contributed by atoms with E-state index in [1.165, 1.54) is 5.56 Å². The van der Waals surface area contributed by atoms with Crippen LogP contribution >= 0.6 is 0 Å². The Hall–Kier alpha value is -1.84. The smallest absolute Gasteiger partial charge is 0.306 e. The molecule has 0 saturated heterocycles. The van der Waals surface area contributed by atoms with Crippen LogP contribution in [0.1, 0.15) is 45.6 Å². The molecule has 0 bridgehead atoms. The topological polar surface area (TPSA) is 66.4 Å². The molecule has 0 aromatic heterocycles. The number of nitrogens with one attached hydrogen (secondary N) is 1. The first kappa shape index (κ1) is 15.5. The lowest BCUT2D eigenvalue weighted by atomic mass is 9.87. The zero-order chi connectivity index (χ0) is 15.6. The molecular formula is C17H23NO3. The van der Waals surface area contributed by atoms with E-state index in [0.717, 1.165) is 5.69 Å². The number of rotatable bonds is 3. The van der Waals surface area contributed by atoms with E-state index in [4.69, 9.17) is 5.11 Å². The van der Waals surface area contributed by atoms with Crippen LogP contribution in [0, 0.1) is 11.8 Å². The van der Waals surface area contributed by atoms with Crippen LogP contribution in [-0.4, -0.2) is 17.0 Å². The molecule has 4 nitrogen and oxygen atoms in total. The molecule has 1 aliphatic carbocycles. The minimum absolute atomic E-state index is 0.0674. The van der Waals surface area contributed by atoms with Crippen molar-refractivity contribution in [2.45, 2.75) is 45.4 Å². The van der Waals surface area contributed by atoms with Crippen molar-refractivity contribution in [2.24, 2.45) is 11.8 Å². The normalized spacial score (nSPS) is 22.0. The highest BCUT2D eigenvalue weighted by Crippen LogP contribution is 2.32. The average Bonchev–Trinajstić information content (AvgIpc) is 2.88. The number of anilines is 1. The molecule has 1 aromatic carbocycles. The molecule has 2 unspecified atom stereocenters. The summed E-state index contributed by atoms with van der Waals surface area (Å²) >= 11 is 0. The summed E-state index contributed by atoms with van der Waals surface area (Å²) in [6.45, 7) is 6.43. The van der Waals surface area contributed by atoms with Crippen molar-refractivity contribution in [1.29, 1.82) is 0 Å². The molecule has 2 N–H and O–H groups in total. The van der Waals surface area contributed by atoms with Gasteiger partial charge in [0.15, 0.2) is 0 Å². The molecule has 2 rings (SSSR count). The second kappa shape index (κ2) is 5.88. The Morgan fingerprint density at radius 3 is 2.14 bits per heavy atom. The van der Waals surface area contributed by atoms with Gasteiger partial charge in [0.1, 0.15) is 0 Å². The molecule has 0 spiro atoms. The van der Waals surface area contributed by atoms with Crippen molar-refractivity contribution in [2.75, 3.05) is 5.32 Å². The van der Waals surface area contributed by atoms with E-state index in [9.17, 15) is 9.59 Å². The summed E-state index contributed by atoms with van der Waals surface area (Å²) in [5.41, 5.74) is 2.07. The van der Waals surface area contributed by atoms with Crippen molar-refractivity contribution in [3.63, 3.8) is 0 Å². The van der Waals surface area contributed by atoms with Crippen LogP contribution in [0.3, 0.4) is 0 Å². The summed E-state index contributed by atoms with van der Waals surface area (Å²) in [5, 5.41) is 11.9. The number of hydrogen-bond acceptors (Lipinski definition) is 2. The van der Waals surface area contributed by atoms with Crippen LogP contribution in [0.15, 0.2) is 24.3 Å².